The summed E-state index contributed by atoms with van der Waals surface area (Å²) in [4.78, 5) is 0. The summed E-state index contributed by atoms with van der Waals surface area (Å²) in [6.07, 6.45) is 0. The third-order valence-corrected chi connectivity index (χ3v) is 2.64. The Morgan fingerprint density at radius 1 is 1.12 bits per heavy atom. The molecule has 1 aromatic rings. The van der Waals surface area contributed by atoms with Gasteiger partial charge in [-0.1, -0.05) is 6.07 Å². The minimum absolute atomic E-state index is 0.105. The average Bonchev–Trinajstić information content (AvgIpc) is 2.35. The van der Waals surface area contributed by atoms with Crippen molar-refractivity contribution >= 4 is 0 Å². The molecule has 0 aliphatic rings. The molecule has 17 heavy (non-hydrogen) atoms. The van der Waals surface area contributed by atoms with Gasteiger partial charge in [-0.2, -0.15) is 0 Å². The van der Waals surface area contributed by atoms with Crippen LogP contribution < -0.4 is 19.5 Å². The number of para-hydroxylation sites is 1. The number of hydrogen-bond acceptors (Lipinski definition) is 4. The number of likely N-dealkylation sites (N-methyl/N-ethyl adjacent to an activating group) is 1. The fraction of sp³-hybridized carbons (Fsp3) is 0.538. The van der Waals surface area contributed by atoms with Crippen molar-refractivity contribution in [2.24, 2.45) is 0 Å². The molecule has 4 heteroatoms. The number of methoxy groups -OCH3 is 2. The second-order valence-corrected chi connectivity index (χ2v) is 4.41. The van der Waals surface area contributed by atoms with Gasteiger partial charge in [0.05, 0.1) is 14.2 Å². The van der Waals surface area contributed by atoms with Crippen LogP contribution in [0.15, 0.2) is 18.2 Å². The predicted octanol–water partition coefficient (Wildman–Crippen LogP) is 2.08. The van der Waals surface area contributed by atoms with Crippen LogP contribution in [0.4, 0.5) is 0 Å². The summed E-state index contributed by atoms with van der Waals surface area (Å²) >= 11 is 0. The van der Waals surface area contributed by atoms with Crippen LogP contribution in [0.25, 0.3) is 0 Å². The van der Waals surface area contributed by atoms with Gasteiger partial charge in [-0.3, -0.25) is 0 Å². The van der Waals surface area contributed by atoms with Crippen molar-refractivity contribution in [3.8, 4) is 17.2 Å². The normalized spacial score (nSPS) is 11.1. The third-order valence-electron chi connectivity index (χ3n) is 2.64. The molecule has 0 bridgehead atoms. The van der Waals surface area contributed by atoms with E-state index < -0.39 is 0 Å². The summed E-state index contributed by atoms with van der Waals surface area (Å²) in [5, 5.41) is 3.18. The highest BCUT2D eigenvalue weighted by Gasteiger charge is 2.18. The molecular formula is C13H21NO3. The first-order chi connectivity index (χ1) is 8.04. The van der Waals surface area contributed by atoms with E-state index in [0.29, 0.717) is 23.9 Å². The molecule has 0 amide bonds. The van der Waals surface area contributed by atoms with Gasteiger partial charge in [0.1, 0.15) is 6.61 Å². The molecule has 0 saturated carbocycles. The fourth-order valence-electron chi connectivity index (χ4n) is 1.28. The van der Waals surface area contributed by atoms with E-state index in [1.54, 1.807) is 14.2 Å². The molecule has 4 nitrogen and oxygen atoms in total. The highest BCUT2D eigenvalue weighted by atomic mass is 16.5. The molecule has 1 N–H and O–H groups in total. The predicted molar refractivity (Wildman–Crippen MR) is 68.2 cm³/mol. The van der Waals surface area contributed by atoms with Crippen LogP contribution in [0.3, 0.4) is 0 Å². The van der Waals surface area contributed by atoms with E-state index in [-0.39, 0.29) is 5.54 Å². The smallest absolute Gasteiger partial charge is 0.203 e. The third kappa shape index (κ3) is 3.53. The van der Waals surface area contributed by atoms with Crippen molar-refractivity contribution in [3.63, 3.8) is 0 Å². The van der Waals surface area contributed by atoms with Gasteiger partial charge in [-0.05, 0) is 33.0 Å². The van der Waals surface area contributed by atoms with Crippen LogP contribution in [0, 0.1) is 0 Å². The van der Waals surface area contributed by atoms with Gasteiger partial charge >= 0.3 is 0 Å². The lowest BCUT2D eigenvalue weighted by Gasteiger charge is -2.25. The largest absolute Gasteiger partial charge is 0.493 e. The summed E-state index contributed by atoms with van der Waals surface area (Å²) in [6, 6.07) is 5.57. The van der Waals surface area contributed by atoms with E-state index in [0.717, 1.165) is 0 Å². The Hall–Kier alpha value is -1.42. The lowest BCUT2D eigenvalue weighted by molar-refractivity contribution is 0.202. The Labute approximate surface area is 103 Å². The average molecular weight is 239 g/mol. The first kappa shape index (κ1) is 13.6. The standard InChI is InChI=1S/C13H21NO3/c1-13(2,14-3)9-17-12-10(15-4)7-6-8-11(12)16-5/h6-8,14H,9H2,1-5H3. The maximum Gasteiger partial charge on any atom is 0.203 e. The van der Waals surface area contributed by atoms with Gasteiger partial charge < -0.3 is 19.5 Å². The lowest BCUT2D eigenvalue weighted by atomic mass is 10.1. The van der Waals surface area contributed by atoms with Crippen molar-refractivity contribution in [2.75, 3.05) is 27.9 Å². The molecule has 0 aromatic heterocycles. The SMILES string of the molecule is CNC(C)(C)COc1c(OC)cccc1OC. The summed E-state index contributed by atoms with van der Waals surface area (Å²) in [5.41, 5.74) is -0.105. The maximum absolute atomic E-state index is 5.79. The van der Waals surface area contributed by atoms with E-state index in [1.165, 1.54) is 0 Å². The van der Waals surface area contributed by atoms with Crippen LogP contribution in [-0.2, 0) is 0 Å². The van der Waals surface area contributed by atoms with Crippen molar-refractivity contribution in [1.29, 1.82) is 0 Å². The zero-order valence-electron chi connectivity index (χ0n) is 11.2. The molecule has 1 rings (SSSR count). The highest BCUT2D eigenvalue weighted by Crippen LogP contribution is 2.37. The lowest BCUT2D eigenvalue weighted by Crippen LogP contribution is -2.42. The monoisotopic (exact) mass is 239 g/mol. The summed E-state index contributed by atoms with van der Waals surface area (Å²) in [7, 11) is 5.14. The van der Waals surface area contributed by atoms with E-state index in [4.69, 9.17) is 14.2 Å². The molecule has 0 saturated heterocycles. The van der Waals surface area contributed by atoms with Crippen LogP contribution in [-0.4, -0.2) is 33.4 Å². The van der Waals surface area contributed by atoms with Crippen molar-refractivity contribution in [1.82, 2.24) is 5.32 Å². The van der Waals surface area contributed by atoms with Gasteiger partial charge in [0, 0.05) is 5.54 Å². The first-order valence-electron chi connectivity index (χ1n) is 5.57. The molecule has 0 aliphatic heterocycles. The quantitative estimate of drug-likeness (QED) is 0.825. The summed E-state index contributed by atoms with van der Waals surface area (Å²) in [5.74, 6) is 1.99. The van der Waals surface area contributed by atoms with Gasteiger partial charge in [-0.15, -0.1) is 0 Å². The molecule has 96 valence electrons. The first-order valence-corrected chi connectivity index (χ1v) is 5.57. The molecular weight excluding hydrogens is 218 g/mol. The van der Waals surface area contributed by atoms with Crippen LogP contribution in [0.1, 0.15) is 13.8 Å². The second-order valence-electron chi connectivity index (χ2n) is 4.41. The Morgan fingerprint density at radius 2 is 1.65 bits per heavy atom. The Balaban J connectivity index is 2.88. The van der Waals surface area contributed by atoms with Crippen LogP contribution in [0.2, 0.25) is 0 Å². The van der Waals surface area contributed by atoms with E-state index in [2.05, 4.69) is 19.2 Å². The Morgan fingerprint density at radius 3 is 2.06 bits per heavy atom. The molecule has 0 aliphatic carbocycles. The summed E-state index contributed by atoms with van der Waals surface area (Å²) in [6.45, 7) is 4.66. The van der Waals surface area contributed by atoms with Crippen molar-refractivity contribution in [2.45, 2.75) is 19.4 Å². The van der Waals surface area contributed by atoms with Crippen molar-refractivity contribution < 1.29 is 14.2 Å². The van der Waals surface area contributed by atoms with E-state index >= 15 is 0 Å². The fourth-order valence-corrected chi connectivity index (χ4v) is 1.28. The van der Waals surface area contributed by atoms with Gasteiger partial charge in [-0.25, -0.2) is 0 Å². The molecule has 0 radical (unpaired) electrons. The zero-order chi connectivity index (χ0) is 12.9. The van der Waals surface area contributed by atoms with E-state index in [9.17, 15) is 0 Å². The highest BCUT2D eigenvalue weighted by molar-refractivity contribution is 5.51. The maximum atomic E-state index is 5.79. The summed E-state index contributed by atoms with van der Waals surface area (Å²) < 4.78 is 16.3. The minimum atomic E-state index is -0.105. The molecule has 0 heterocycles. The van der Waals surface area contributed by atoms with Gasteiger partial charge in [0.2, 0.25) is 5.75 Å². The molecule has 1 aromatic carbocycles. The molecule has 0 unspecified atom stereocenters. The number of ether oxygens (including phenoxy) is 3. The van der Waals surface area contributed by atoms with Gasteiger partial charge in [0.25, 0.3) is 0 Å². The minimum Gasteiger partial charge on any atom is -0.493 e. The van der Waals surface area contributed by atoms with E-state index in [1.807, 2.05) is 25.2 Å². The van der Waals surface area contributed by atoms with Crippen LogP contribution in [0.5, 0.6) is 17.2 Å². The van der Waals surface area contributed by atoms with Crippen molar-refractivity contribution in [3.05, 3.63) is 18.2 Å². The number of benzene rings is 1. The second kappa shape index (κ2) is 5.77. The number of nitrogens with one attached hydrogen (secondary N) is 1. The zero-order valence-corrected chi connectivity index (χ0v) is 11.2. The molecule has 0 fully saturated rings. The van der Waals surface area contributed by atoms with Gasteiger partial charge in [0.15, 0.2) is 11.5 Å². The molecule has 0 spiro atoms. The Bertz CT molecular complexity index is 341. The number of rotatable bonds is 6. The van der Waals surface area contributed by atoms with Crippen LogP contribution >= 0.6 is 0 Å². The molecule has 0 atom stereocenters. The topological polar surface area (TPSA) is 39.7 Å². The Kier molecular flexibility index (Phi) is 4.63. The number of hydrogen-bond donors (Lipinski definition) is 1.